The molecule has 38 heavy (non-hydrogen) atoms. The summed E-state index contributed by atoms with van der Waals surface area (Å²) >= 11 is 0. The molecule has 4 atom stereocenters. The van der Waals surface area contributed by atoms with Gasteiger partial charge in [0.05, 0.1) is 44.0 Å². The van der Waals surface area contributed by atoms with Crippen molar-refractivity contribution >= 4 is 24.2 Å². The van der Waals surface area contributed by atoms with Crippen LogP contribution < -0.4 is 15.5 Å². The fourth-order valence-corrected chi connectivity index (χ4v) is 10.6. The fourth-order valence-electron chi connectivity index (χ4n) is 6.44. The molecule has 0 amide bonds. The number of hydrogen-bond donors (Lipinski definition) is 2. The number of rotatable bonds is 9. The lowest BCUT2D eigenvalue weighted by atomic mass is 9.95. The second-order valence-electron chi connectivity index (χ2n) is 11.1. The molecule has 200 valence electrons. The van der Waals surface area contributed by atoms with Crippen molar-refractivity contribution in [2.75, 3.05) is 13.7 Å². The lowest BCUT2D eigenvalue weighted by Gasteiger charge is -2.36. The van der Waals surface area contributed by atoms with Gasteiger partial charge in [-0.1, -0.05) is 61.6 Å². The van der Waals surface area contributed by atoms with E-state index in [4.69, 9.17) is 9.47 Å². The summed E-state index contributed by atoms with van der Waals surface area (Å²) in [4.78, 5) is 12.9. The number of nitrogens with zero attached hydrogens (tertiary/aromatic N) is 1. The van der Waals surface area contributed by atoms with Gasteiger partial charge in [0.25, 0.3) is 5.56 Å². The number of nitrogens with one attached hydrogen (secondary N) is 1. The van der Waals surface area contributed by atoms with Crippen LogP contribution >= 0.6 is 0 Å². The van der Waals surface area contributed by atoms with Crippen molar-refractivity contribution in [2.45, 2.75) is 57.0 Å². The third-order valence-corrected chi connectivity index (χ3v) is 12.8. The van der Waals surface area contributed by atoms with Crippen LogP contribution in [-0.4, -0.2) is 48.9 Å². The van der Waals surface area contributed by atoms with Crippen LogP contribution in [0, 0.1) is 5.92 Å². The number of aryl methyl sites for hydroxylation is 1. The molecule has 0 radical (unpaired) electrons. The molecule has 1 aliphatic rings. The van der Waals surface area contributed by atoms with Gasteiger partial charge in [-0.05, 0) is 72.7 Å². The van der Waals surface area contributed by atoms with Crippen LogP contribution in [0.5, 0.6) is 5.75 Å². The molecule has 1 fully saturated rings. The molecule has 0 spiro atoms. The highest BCUT2D eigenvalue weighted by molar-refractivity contribution is 6.91. The number of aromatic nitrogens is 2. The lowest BCUT2D eigenvalue weighted by Crippen LogP contribution is -2.50. The van der Waals surface area contributed by atoms with Crippen LogP contribution in [0.2, 0.25) is 18.6 Å². The molecule has 1 aliphatic heterocycles. The minimum absolute atomic E-state index is 0.0362. The van der Waals surface area contributed by atoms with E-state index >= 15 is 0 Å². The number of aromatic amines is 1. The molecule has 0 bridgehead atoms. The van der Waals surface area contributed by atoms with E-state index in [-0.39, 0.29) is 24.4 Å². The van der Waals surface area contributed by atoms with E-state index in [9.17, 15) is 9.90 Å². The van der Waals surface area contributed by atoms with Crippen LogP contribution in [0.15, 0.2) is 77.6 Å². The number of methoxy groups -OCH3 is 1. The Hall–Kier alpha value is -3.13. The maximum Gasteiger partial charge on any atom is 0.279 e. The molecule has 1 aromatic heterocycles. The van der Waals surface area contributed by atoms with Crippen LogP contribution in [0.25, 0.3) is 16.6 Å². The molecule has 2 N–H and O–H groups in total. The Kier molecular flexibility index (Phi) is 7.61. The van der Waals surface area contributed by atoms with Gasteiger partial charge < -0.3 is 14.6 Å². The normalized spacial score (nSPS) is 21.7. The summed E-state index contributed by atoms with van der Waals surface area (Å²) in [5.41, 5.74) is 3.22. The summed E-state index contributed by atoms with van der Waals surface area (Å²) in [7, 11) is -0.210. The second kappa shape index (κ2) is 10.9. The first-order valence-electron chi connectivity index (χ1n) is 13.5. The first kappa shape index (κ1) is 26.5. The number of para-hydroxylation sites is 1. The molecule has 0 saturated carbocycles. The Balaban J connectivity index is 1.34. The van der Waals surface area contributed by atoms with E-state index in [1.54, 1.807) is 11.8 Å². The van der Waals surface area contributed by atoms with E-state index in [2.05, 4.69) is 61.5 Å². The summed E-state index contributed by atoms with van der Waals surface area (Å²) in [5.74, 6) is 1.26. The second-order valence-corrected chi connectivity index (χ2v) is 15.8. The van der Waals surface area contributed by atoms with Crippen LogP contribution in [-0.2, 0) is 11.2 Å². The van der Waals surface area contributed by atoms with Crippen LogP contribution in [0.1, 0.15) is 25.3 Å². The van der Waals surface area contributed by atoms with Crippen molar-refractivity contribution in [2.24, 2.45) is 5.92 Å². The van der Waals surface area contributed by atoms with E-state index in [0.717, 1.165) is 29.8 Å². The highest BCUT2D eigenvalue weighted by Crippen LogP contribution is 2.46. The lowest BCUT2D eigenvalue weighted by molar-refractivity contribution is 0.0196. The van der Waals surface area contributed by atoms with Gasteiger partial charge in [-0.15, -0.1) is 0 Å². The number of aliphatic hydroxyl groups is 1. The molecule has 1 saturated heterocycles. The monoisotopic (exact) mass is 530 g/mol. The van der Waals surface area contributed by atoms with Crippen LogP contribution in [0.3, 0.4) is 0 Å². The first-order valence-corrected chi connectivity index (χ1v) is 16.6. The molecule has 5 rings (SSSR count). The summed E-state index contributed by atoms with van der Waals surface area (Å²) in [6.07, 6.45) is 2.61. The highest BCUT2D eigenvalue weighted by Gasteiger charge is 2.50. The van der Waals surface area contributed by atoms with Crippen molar-refractivity contribution in [3.8, 4) is 11.4 Å². The molecule has 0 aliphatic carbocycles. The Morgan fingerprint density at radius 1 is 1.00 bits per heavy atom. The minimum atomic E-state index is -1.91. The summed E-state index contributed by atoms with van der Waals surface area (Å²) in [6, 6.07) is 24.3. The SMILES string of the molecule is COc1ccc([Si](C)(C)[C@H]2[C@H](C)[C@H](CCc3cccc(-n4[nH]c5ccccc5c4=O)c3)O[C@@H]2CCO)cc1. The zero-order valence-electron chi connectivity index (χ0n) is 22.7. The van der Waals surface area contributed by atoms with Gasteiger partial charge in [-0.3, -0.25) is 9.89 Å². The largest absolute Gasteiger partial charge is 0.497 e. The molecule has 0 unspecified atom stereocenters. The highest BCUT2D eigenvalue weighted by atomic mass is 28.3. The maximum absolute atomic E-state index is 12.9. The van der Waals surface area contributed by atoms with Gasteiger partial charge >= 0.3 is 0 Å². The smallest absolute Gasteiger partial charge is 0.279 e. The number of H-pyrrole nitrogens is 1. The summed E-state index contributed by atoms with van der Waals surface area (Å²) < 4.78 is 13.7. The molecule has 6 nitrogen and oxygen atoms in total. The van der Waals surface area contributed by atoms with E-state index in [1.807, 2.05) is 36.4 Å². The Labute approximate surface area is 225 Å². The molecular weight excluding hydrogens is 492 g/mol. The van der Waals surface area contributed by atoms with Gasteiger partial charge in [0.2, 0.25) is 0 Å². The molecule has 2 heterocycles. The third-order valence-electron chi connectivity index (χ3n) is 8.46. The molecular formula is C31H38N2O4Si. The van der Waals surface area contributed by atoms with Crippen molar-refractivity contribution in [3.63, 3.8) is 0 Å². The quantitative estimate of drug-likeness (QED) is 0.298. The molecule has 4 aromatic rings. The van der Waals surface area contributed by atoms with E-state index in [0.29, 0.717) is 23.3 Å². The minimum Gasteiger partial charge on any atom is -0.497 e. The predicted octanol–water partition coefficient (Wildman–Crippen LogP) is 5.03. The van der Waals surface area contributed by atoms with Gasteiger partial charge in [-0.25, -0.2) is 4.68 Å². The zero-order chi connectivity index (χ0) is 26.9. The first-order chi connectivity index (χ1) is 18.3. The summed E-state index contributed by atoms with van der Waals surface area (Å²) in [5, 5.41) is 15.1. The number of benzene rings is 3. The standard InChI is InChI=1S/C31H38N2O4Si/c1-21-28(37-29(18-19-34)30(21)38(3,4)25-15-13-24(36-2)14-16-25)17-12-22-8-7-9-23(20-22)33-31(35)26-10-5-6-11-27(26)32-33/h5-11,13-16,20-21,28-30,32,34H,12,17-19H2,1-4H3/t21-,28+,29-,30+/m1/s1. The van der Waals surface area contributed by atoms with Crippen LogP contribution in [0.4, 0.5) is 0 Å². The summed E-state index contributed by atoms with van der Waals surface area (Å²) in [6.45, 7) is 7.31. The Morgan fingerprint density at radius 3 is 2.47 bits per heavy atom. The van der Waals surface area contributed by atoms with Crippen molar-refractivity contribution in [3.05, 3.63) is 88.7 Å². The molecule has 3 aromatic carbocycles. The van der Waals surface area contributed by atoms with E-state index < -0.39 is 8.07 Å². The number of aliphatic hydroxyl groups excluding tert-OH is 1. The van der Waals surface area contributed by atoms with Gasteiger partial charge in [0.1, 0.15) is 5.75 Å². The third kappa shape index (κ3) is 4.98. The van der Waals surface area contributed by atoms with Crippen molar-refractivity contribution in [1.82, 2.24) is 9.78 Å². The zero-order valence-corrected chi connectivity index (χ0v) is 23.7. The average Bonchev–Trinajstić information content (AvgIpc) is 3.44. The van der Waals surface area contributed by atoms with Gasteiger partial charge in [-0.2, -0.15) is 0 Å². The fraction of sp³-hybridized carbons (Fsp3) is 0.387. The molecule has 7 heteroatoms. The topological polar surface area (TPSA) is 76.5 Å². The number of ether oxygens (including phenoxy) is 2. The Morgan fingerprint density at radius 2 is 1.76 bits per heavy atom. The van der Waals surface area contributed by atoms with E-state index in [1.165, 1.54) is 10.8 Å². The van der Waals surface area contributed by atoms with Crippen molar-refractivity contribution < 1.29 is 14.6 Å². The predicted molar refractivity (Wildman–Crippen MR) is 156 cm³/mol. The average molecular weight is 531 g/mol. The van der Waals surface area contributed by atoms with Crippen molar-refractivity contribution in [1.29, 1.82) is 0 Å². The maximum atomic E-state index is 12.9. The Bertz CT molecular complexity index is 1440. The number of hydrogen-bond acceptors (Lipinski definition) is 4. The van der Waals surface area contributed by atoms with Gasteiger partial charge in [0, 0.05) is 6.61 Å². The van der Waals surface area contributed by atoms with Gasteiger partial charge in [0.15, 0.2) is 0 Å². The number of fused-ring (bicyclic) bond motifs is 1.